The third kappa shape index (κ3) is 17.9. The van der Waals surface area contributed by atoms with E-state index in [1.54, 1.807) is 0 Å². The second-order valence-electron chi connectivity index (χ2n) is 11.9. The van der Waals surface area contributed by atoms with E-state index in [4.69, 9.17) is 14.2 Å². The molecule has 2 aliphatic heterocycles. The van der Waals surface area contributed by atoms with E-state index in [-0.39, 0.29) is 15.1 Å². The van der Waals surface area contributed by atoms with Crippen molar-refractivity contribution in [2.75, 3.05) is 19.8 Å². The minimum absolute atomic E-state index is 0. The average molecular weight is 473 g/mol. The Balaban J connectivity index is 0. The molecular formula is C30H64O3. The summed E-state index contributed by atoms with van der Waals surface area (Å²) < 4.78 is 15.7. The van der Waals surface area contributed by atoms with E-state index in [2.05, 4.69) is 48.5 Å². The lowest BCUT2D eigenvalue weighted by Gasteiger charge is -2.24. The van der Waals surface area contributed by atoms with Gasteiger partial charge in [-0.05, 0) is 56.3 Å². The molecular weight excluding hydrogens is 408 g/mol. The Hall–Kier alpha value is -0.120. The highest BCUT2D eigenvalue weighted by atomic mass is 16.7. The maximum Gasteiger partial charge on any atom is 0.154 e. The molecule has 4 rings (SSSR count). The van der Waals surface area contributed by atoms with Crippen LogP contribution in [-0.4, -0.2) is 32.2 Å². The summed E-state index contributed by atoms with van der Waals surface area (Å²) in [5.74, 6) is 5.45. The summed E-state index contributed by atoms with van der Waals surface area (Å²) >= 11 is 0. The van der Waals surface area contributed by atoms with Gasteiger partial charge in [-0.1, -0.05) is 100 Å². The standard InChI is InChI=1S/2C8H16.C7H14O.C6H12O2.CH4.H2/c2*1-7-3-5-8(2)6-4-7;1-6-3-4-7(2)8-5-6;1-5-3-7-6(2)8-4-5;;/h2*7-8H,3-6H2,1-2H3;6-7H,3-5H2,1-2H3;5-6H,3-4H2,1-2H3;1H4;1H. The zero-order chi connectivity index (χ0) is 23.9. The lowest BCUT2D eigenvalue weighted by Crippen LogP contribution is -2.27. The summed E-state index contributed by atoms with van der Waals surface area (Å²) in [4.78, 5) is 0. The molecule has 2 atom stereocenters. The van der Waals surface area contributed by atoms with Gasteiger partial charge in [0, 0.05) is 14.0 Å². The Morgan fingerprint density at radius 2 is 0.697 bits per heavy atom. The minimum atomic E-state index is 0. The van der Waals surface area contributed by atoms with Crippen LogP contribution in [0.2, 0.25) is 0 Å². The lowest BCUT2D eigenvalue weighted by molar-refractivity contribution is -0.187. The van der Waals surface area contributed by atoms with Crippen LogP contribution in [0.1, 0.15) is 128 Å². The molecule has 0 aromatic rings. The second kappa shape index (κ2) is 19.1. The lowest BCUT2D eigenvalue weighted by atomic mass is 9.84. The monoisotopic (exact) mass is 472 g/mol. The molecule has 0 bridgehead atoms. The molecule has 2 saturated carbocycles. The molecule has 0 aromatic heterocycles. The van der Waals surface area contributed by atoms with Gasteiger partial charge in [0.15, 0.2) is 6.29 Å². The summed E-state index contributed by atoms with van der Waals surface area (Å²) in [5.41, 5.74) is 0. The fourth-order valence-electron chi connectivity index (χ4n) is 4.56. The predicted molar refractivity (Wildman–Crippen MR) is 147 cm³/mol. The molecule has 202 valence electrons. The SMILES string of the molecule is C.CC1CCC(C)CC1.CC1CCC(C)CC1.CC1CCC(C)OC1.CC1COC(C)OC1.[HH]. The third-order valence-electron chi connectivity index (χ3n) is 7.57. The molecule has 33 heavy (non-hydrogen) atoms. The van der Waals surface area contributed by atoms with Crippen molar-refractivity contribution in [1.29, 1.82) is 0 Å². The van der Waals surface area contributed by atoms with Crippen LogP contribution in [0, 0.1) is 35.5 Å². The van der Waals surface area contributed by atoms with Crippen molar-refractivity contribution in [2.45, 2.75) is 139 Å². The largest absolute Gasteiger partial charge is 0.378 e. The van der Waals surface area contributed by atoms with Crippen molar-refractivity contribution in [3.05, 3.63) is 0 Å². The first-order valence-corrected chi connectivity index (χ1v) is 14.0. The molecule has 0 N–H and O–H groups in total. The molecule has 4 fully saturated rings. The van der Waals surface area contributed by atoms with Gasteiger partial charge in [-0.15, -0.1) is 0 Å². The first-order chi connectivity index (χ1) is 15.2. The summed E-state index contributed by atoms with van der Waals surface area (Å²) in [6.07, 6.45) is 14.9. The normalized spacial score (nSPS) is 38.5. The number of ether oxygens (including phenoxy) is 3. The van der Waals surface area contributed by atoms with E-state index in [9.17, 15) is 0 Å². The van der Waals surface area contributed by atoms with Gasteiger partial charge in [-0.3, -0.25) is 0 Å². The number of hydrogen-bond acceptors (Lipinski definition) is 3. The van der Waals surface area contributed by atoms with Crippen LogP contribution in [0.4, 0.5) is 0 Å². The maximum absolute atomic E-state index is 5.39. The van der Waals surface area contributed by atoms with Gasteiger partial charge in [0.25, 0.3) is 0 Å². The van der Waals surface area contributed by atoms with Crippen LogP contribution >= 0.6 is 0 Å². The number of hydrogen-bond donors (Lipinski definition) is 0. The van der Waals surface area contributed by atoms with Crippen LogP contribution in [-0.2, 0) is 14.2 Å². The van der Waals surface area contributed by atoms with E-state index >= 15 is 0 Å². The van der Waals surface area contributed by atoms with Crippen LogP contribution < -0.4 is 0 Å². The Bertz CT molecular complexity index is 295. The van der Waals surface area contributed by atoms with Gasteiger partial charge in [-0.25, -0.2) is 0 Å². The highest BCUT2D eigenvalue weighted by Gasteiger charge is 2.15. The summed E-state index contributed by atoms with van der Waals surface area (Å²) in [5, 5.41) is 0. The topological polar surface area (TPSA) is 27.7 Å². The van der Waals surface area contributed by atoms with Crippen LogP contribution in [0.25, 0.3) is 0 Å². The van der Waals surface area contributed by atoms with E-state index in [0.29, 0.717) is 12.0 Å². The Morgan fingerprint density at radius 3 is 0.939 bits per heavy atom. The second-order valence-corrected chi connectivity index (χ2v) is 11.9. The van der Waals surface area contributed by atoms with E-state index in [0.717, 1.165) is 49.4 Å². The fourth-order valence-corrected chi connectivity index (χ4v) is 4.56. The van der Waals surface area contributed by atoms with Gasteiger partial charge < -0.3 is 14.2 Å². The Kier molecular flexibility index (Phi) is 19.0. The van der Waals surface area contributed by atoms with Gasteiger partial charge >= 0.3 is 0 Å². The van der Waals surface area contributed by atoms with Crippen molar-refractivity contribution in [1.82, 2.24) is 0 Å². The Labute approximate surface area is 210 Å². The average Bonchev–Trinajstić information content (AvgIpc) is 2.78. The van der Waals surface area contributed by atoms with Crippen molar-refractivity contribution >= 4 is 0 Å². The van der Waals surface area contributed by atoms with Gasteiger partial charge in [-0.2, -0.15) is 0 Å². The molecule has 3 heteroatoms. The van der Waals surface area contributed by atoms with Crippen LogP contribution in [0.15, 0.2) is 0 Å². The van der Waals surface area contributed by atoms with Crippen molar-refractivity contribution in [2.24, 2.45) is 35.5 Å². The highest BCUT2D eigenvalue weighted by molar-refractivity contribution is 4.66. The molecule has 2 unspecified atom stereocenters. The zero-order valence-corrected chi connectivity index (χ0v) is 23.0. The van der Waals surface area contributed by atoms with Crippen LogP contribution in [0.3, 0.4) is 0 Å². The predicted octanol–water partition coefficient (Wildman–Crippen LogP) is 9.38. The molecule has 4 aliphatic rings. The summed E-state index contributed by atoms with van der Waals surface area (Å²) in [7, 11) is 0. The molecule has 0 spiro atoms. The maximum atomic E-state index is 5.39. The summed E-state index contributed by atoms with van der Waals surface area (Å²) in [6, 6.07) is 0. The molecule has 2 heterocycles. The fraction of sp³-hybridized carbons (Fsp3) is 1.00. The van der Waals surface area contributed by atoms with E-state index < -0.39 is 0 Å². The zero-order valence-electron chi connectivity index (χ0n) is 23.0. The van der Waals surface area contributed by atoms with Crippen molar-refractivity contribution < 1.29 is 15.6 Å². The molecule has 3 nitrogen and oxygen atoms in total. The van der Waals surface area contributed by atoms with Crippen LogP contribution in [0.5, 0.6) is 0 Å². The van der Waals surface area contributed by atoms with Gasteiger partial charge in [0.1, 0.15) is 0 Å². The Morgan fingerprint density at radius 1 is 0.394 bits per heavy atom. The summed E-state index contributed by atoms with van der Waals surface area (Å²) in [6.45, 7) is 20.6. The first-order valence-electron chi connectivity index (χ1n) is 14.0. The van der Waals surface area contributed by atoms with Crippen molar-refractivity contribution in [3.8, 4) is 0 Å². The molecule has 2 saturated heterocycles. The smallest absolute Gasteiger partial charge is 0.154 e. The minimum Gasteiger partial charge on any atom is -0.378 e. The number of rotatable bonds is 0. The highest BCUT2D eigenvalue weighted by Crippen LogP contribution is 2.28. The van der Waals surface area contributed by atoms with E-state index in [1.807, 2.05) is 6.92 Å². The van der Waals surface area contributed by atoms with Gasteiger partial charge in [0.2, 0.25) is 0 Å². The third-order valence-corrected chi connectivity index (χ3v) is 7.57. The van der Waals surface area contributed by atoms with Gasteiger partial charge in [0.05, 0.1) is 19.3 Å². The molecule has 2 aliphatic carbocycles. The molecule has 0 amide bonds. The molecule has 0 aromatic carbocycles. The van der Waals surface area contributed by atoms with E-state index in [1.165, 1.54) is 64.2 Å². The molecule has 0 radical (unpaired) electrons. The van der Waals surface area contributed by atoms with Crippen molar-refractivity contribution in [3.63, 3.8) is 0 Å². The quantitative estimate of drug-likeness (QED) is 0.351. The first kappa shape index (κ1) is 32.9.